The van der Waals surface area contributed by atoms with Crippen molar-refractivity contribution in [2.45, 2.75) is 46.4 Å². The van der Waals surface area contributed by atoms with Gasteiger partial charge in [0, 0.05) is 18.5 Å². The molecule has 2 aromatic rings. The minimum absolute atomic E-state index is 0.120. The number of ether oxygens (including phenoxy) is 1. The number of aryl methyl sites for hydroxylation is 1. The maximum atomic E-state index is 13.1. The van der Waals surface area contributed by atoms with Gasteiger partial charge in [-0.25, -0.2) is 13.4 Å². The molecule has 7 nitrogen and oxygen atoms in total. The van der Waals surface area contributed by atoms with E-state index in [1.54, 1.807) is 32.0 Å². The third kappa shape index (κ3) is 4.96. The van der Waals surface area contributed by atoms with Gasteiger partial charge in [0.25, 0.3) is 0 Å². The second kappa shape index (κ2) is 8.81. The van der Waals surface area contributed by atoms with Gasteiger partial charge in [-0.15, -0.1) is 0 Å². The Morgan fingerprint density at radius 2 is 1.86 bits per heavy atom. The van der Waals surface area contributed by atoms with Gasteiger partial charge < -0.3 is 10.1 Å². The average molecular weight is 440 g/mol. The summed E-state index contributed by atoms with van der Waals surface area (Å²) in [5.41, 5.74) is 0.892. The molecule has 0 radical (unpaired) electrons. The lowest BCUT2D eigenvalue weighted by molar-refractivity contribution is -0.123. The fourth-order valence-electron chi connectivity index (χ4n) is 2.72. The smallest absolute Gasteiger partial charge is 0.246 e. The summed E-state index contributed by atoms with van der Waals surface area (Å²) in [6.07, 6.45) is 0. The second-order valence-electron chi connectivity index (χ2n) is 7.59. The molecule has 0 unspecified atom stereocenters. The van der Waals surface area contributed by atoms with Crippen molar-refractivity contribution in [1.82, 2.24) is 9.29 Å². The lowest BCUT2D eigenvalue weighted by atomic mass is 9.96. The zero-order chi connectivity index (χ0) is 22.0. The number of nitrogens with one attached hydrogen (secondary N) is 1. The largest absolute Gasteiger partial charge is 0.495 e. The van der Waals surface area contributed by atoms with Crippen LogP contribution in [0.1, 0.15) is 40.3 Å². The van der Waals surface area contributed by atoms with E-state index in [2.05, 4.69) is 10.3 Å². The minimum atomic E-state index is -3.70. The number of rotatable bonds is 7. The number of anilines is 1. The monoisotopic (exact) mass is 439 g/mol. The van der Waals surface area contributed by atoms with Gasteiger partial charge in [-0.05, 0) is 30.7 Å². The fourth-order valence-corrected chi connectivity index (χ4v) is 5.32. The van der Waals surface area contributed by atoms with Crippen LogP contribution in [0.2, 0.25) is 0 Å². The third-order valence-electron chi connectivity index (χ3n) is 4.45. The van der Waals surface area contributed by atoms with Crippen molar-refractivity contribution >= 4 is 32.4 Å². The van der Waals surface area contributed by atoms with Gasteiger partial charge in [-0.2, -0.15) is 4.31 Å². The van der Waals surface area contributed by atoms with Crippen LogP contribution in [-0.4, -0.2) is 43.8 Å². The van der Waals surface area contributed by atoms with Gasteiger partial charge in [0.1, 0.15) is 10.6 Å². The number of hydrogen-bond acceptors (Lipinski definition) is 6. The topological polar surface area (TPSA) is 88.6 Å². The molecule has 0 aliphatic heterocycles. The van der Waals surface area contributed by atoms with Crippen LogP contribution < -0.4 is 10.1 Å². The SMILES string of the molecule is CCN(CC)S(=O)(=O)c1cc(-c2sc(NC(=O)C(C)(C)C)nc2C)ccc1OC. The normalized spacial score (nSPS) is 12.3. The first-order valence-corrected chi connectivity index (χ1v) is 11.7. The van der Waals surface area contributed by atoms with E-state index in [1.807, 2.05) is 27.7 Å². The maximum Gasteiger partial charge on any atom is 0.246 e. The van der Waals surface area contributed by atoms with Crippen molar-refractivity contribution in [3.63, 3.8) is 0 Å². The summed E-state index contributed by atoms with van der Waals surface area (Å²) in [7, 11) is -2.24. The van der Waals surface area contributed by atoms with E-state index in [4.69, 9.17) is 4.74 Å². The highest BCUT2D eigenvalue weighted by Gasteiger charge is 2.27. The highest BCUT2D eigenvalue weighted by Crippen LogP contribution is 2.37. The number of hydrogen-bond donors (Lipinski definition) is 1. The van der Waals surface area contributed by atoms with Gasteiger partial charge in [0.05, 0.1) is 17.7 Å². The molecule has 0 spiro atoms. The number of sulfonamides is 1. The molecule has 9 heteroatoms. The van der Waals surface area contributed by atoms with E-state index in [0.29, 0.717) is 29.5 Å². The average Bonchev–Trinajstić information content (AvgIpc) is 3.01. The molecule has 0 saturated heterocycles. The number of methoxy groups -OCH3 is 1. The van der Waals surface area contributed by atoms with Crippen LogP contribution in [-0.2, 0) is 14.8 Å². The lowest BCUT2D eigenvalue weighted by Crippen LogP contribution is -2.30. The highest BCUT2D eigenvalue weighted by molar-refractivity contribution is 7.89. The molecule has 1 amide bonds. The zero-order valence-corrected chi connectivity index (χ0v) is 19.6. The molecule has 1 aromatic heterocycles. The van der Waals surface area contributed by atoms with Crippen molar-refractivity contribution in [2.75, 3.05) is 25.5 Å². The molecule has 0 saturated carbocycles. The molecule has 29 heavy (non-hydrogen) atoms. The first-order valence-electron chi connectivity index (χ1n) is 9.43. The molecule has 0 aliphatic rings. The summed E-state index contributed by atoms with van der Waals surface area (Å²) in [6.45, 7) is 11.7. The highest BCUT2D eigenvalue weighted by atomic mass is 32.2. The minimum Gasteiger partial charge on any atom is -0.495 e. The molecule has 160 valence electrons. The van der Waals surface area contributed by atoms with Crippen molar-refractivity contribution in [3.05, 3.63) is 23.9 Å². The summed E-state index contributed by atoms with van der Waals surface area (Å²) in [5.74, 6) is 0.168. The predicted octanol–water partition coefficient (Wildman–Crippen LogP) is 4.14. The zero-order valence-electron chi connectivity index (χ0n) is 18.0. The van der Waals surface area contributed by atoms with Crippen LogP contribution in [0.4, 0.5) is 5.13 Å². The van der Waals surface area contributed by atoms with Gasteiger partial charge in [-0.1, -0.05) is 46.0 Å². The Morgan fingerprint density at radius 1 is 1.24 bits per heavy atom. The summed E-state index contributed by atoms with van der Waals surface area (Å²) in [4.78, 5) is 17.6. The van der Waals surface area contributed by atoms with Gasteiger partial charge >= 0.3 is 0 Å². The van der Waals surface area contributed by atoms with Crippen LogP contribution in [0.25, 0.3) is 10.4 Å². The first-order chi connectivity index (χ1) is 13.4. The Kier molecular flexibility index (Phi) is 7.08. The molecule has 1 heterocycles. The standard InChI is InChI=1S/C20H29N3O4S2/c1-8-23(9-2)29(25,26)16-12-14(10-11-15(16)27-7)17-13(3)21-19(28-17)22-18(24)20(4,5)6/h10-12H,8-9H2,1-7H3,(H,21,22,24). The first kappa shape index (κ1) is 23.3. The lowest BCUT2D eigenvalue weighted by Gasteiger charge is -2.20. The Bertz CT molecular complexity index is 988. The summed E-state index contributed by atoms with van der Waals surface area (Å²) in [5, 5.41) is 3.32. The second-order valence-corrected chi connectivity index (χ2v) is 10.5. The number of carbonyl (C=O) groups is 1. The number of thiazole rings is 1. The van der Waals surface area contributed by atoms with Gasteiger partial charge in [0.15, 0.2) is 5.13 Å². The van der Waals surface area contributed by atoms with Gasteiger partial charge in [0.2, 0.25) is 15.9 Å². The van der Waals surface area contributed by atoms with E-state index < -0.39 is 15.4 Å². The number of amides is 1. The Morgan fingerprint density at radius 3 is 2.38 bits per heavy atom. The van der Waals surface area contributed by atoms with E-state index in [9.17, 15) is 13.2 Å². The van der Waals surface area contributed by atoms with Crippen molar-refractivity contribution in [2.24, 2.45) is 5.41 Å². The number of nitrogens with zero attached hydrogens (tertiary/aromatic N) is 2. The predicted molar refractivity (Wildman–Crippen MR) is 117 cm³/mol. The number of aromatic nitrogens is 1. The molecule has 1 N–H and O–H groups in total. The molecule has 2 rings (SSSR count). The van der Waals surface area contributed by atoms with Crippen molar-refractivity contribution < 1.29 is 17.9 Å². The Balaban J connectivity index is 2.51. The van der Waals surface area contributed by atoms with Crippen molar-refractivity contribution in [3.8, 4) is 16.2 Å². The van der Waals surface area contributed by atoms with E-state index in [1.165, 1.54) is 22.8 Å². The van der Waals surface area contributed by atoms with Crippen LogP contribution in [0.3, 0.4) is 0 Å². The quantitative estimate of drug-likeness (QED) is 0.700. The van der Waals surface area contributed by atoms with Crippen LogP contribution in [0.5, 0.6) is 5.75 Å². The number of carbonyl (C=O) groups excluding carboxylic acids is 1. The molecule has 0 bridgehead atoms. The van der Waals surface area contributed by atoms with Gasteiger partial charge in [-0.3, -0.25) is 4.79 Å². The summed E-state index contributed by atoms with van der Waals surface area (Å²) < 4.78 is 32.9. The van der Waals surface area contributed by atoms with E-state index in [-0.39, 0.29) is 10.8 Å². The molecule has 1 aromatic carbocycles. The molecule has 0 aliphatic carbocycles. The summed E-state index contributed by atoms with van der Waals surface area (Å²) in [6, 6.07) is 5.07. The van der Waals surface area contributed by atoms with Crippen LogP contribution in [0, 0.1) is 12.3 Å². The number of benzene rings is 1. The maximum absolute atomic E-state index is 13.1. The van der Waals surface area contributed by atoms with Crippen molar-refractivity contribution in [1.29, 1.82) is 0 Å². The van der Waals surface area contributed by atoms with E-state index in [0.717, 1.165) is 10.6 Å². The molecule has 0 atom stereocenters. The van der Waals surface area contributed by atoms with Crippen LogP contribution >= 0.6 is 11.3 Å². The van der Waals surface area contributed by atoms with Crippen LogP contribution in [0.15, 0.2) is 23.1 Å². The Labute approximate surface area is 177 Å². The Hall–Kier alpha value is -1.97. The van der Waals surface area contributed by atoms with E-state index >= 15 is 0 Å². The third-order valence-corrected chi connectivity index (χ3v) is 7.64. The molecular formula is C20H29N3O4S2. The fraction of sp³-hybridized carbons (Fsp3) is 0.500. The summed E-state index contributed by atoms with van der Waals surface area (Å²) >= 11 is 1.32. The molecule has 0 fully saturated rings. The molecular weight excluding hydrogens is 410 g/mol.